The highest BCUT2D eigenvalue weighted by Crippen LogP contribution is 2.34. The van der Waals surface area contributed by atoms with E-state index in [4.69, 9.17) is 4.74 Å². The molecule has 2 atom stereocenters. The summed E-state index contributed by atoms with van der Waals surface area (Å²) in [6.07, 6.45) is -0.586. The van der Waals surface area contributed by atoms with Gasteiger partial charge in [0, 0.05) is 19.0 Å². The van der Waals surface area contributed by atoms with Crippen molar-refractivity contribution in [2.75, 3.05) is 6.61 Å². The van der Waals surface area contributed by atoms with Gasteiger partial charge >= 0.3 is 6.18 Å². The molecule has 1 aromatic heterocycles. The normalized spacial score (nSPS) is 25.9. The average Bonchev–Trinajstić information content (AvgIpc) is 2.28. The molecule has 0 aromatic carbocycles. The Hall–Kier alpha value is -1.10. The van der Waals surface area contributed by atoms with Crippen LogP contribution >= 0.6 is 0 Å². The van der Waals surface area contributed by atoms with Crippen LogP contribution in [0.15, 0.2) is 18.5 Å². The van der Waals surface area contributed by atoms with Gasteiger partial charge < -0.3 is 4.74 Å². The molecule has 17 heavy (non-hydrogen) atoms. The lowest BCUT2D eigenvalue weighted by molar-refractivity contribution is -0.138. The second-order valence-electron chi connectivity index (χ2n) is 4.49. The van der Waals surface area contributed by atoms with Crippen molar-refractivity contribution in [2.45, 2.75) is 32.0 Å². The summed E-state index contributed by atoms with van der Waals surface area (Å²) in [6, 6.07) is 1.13. The van der Waals surface area contributed by atoms with Crippen LogP contribution in [0.4, 0.5) is 13.2 Å². The predicted octanol–water partition coefficient (Wildman–Crippen LogP) is 3.59. The topological polar surface area (TPSA) is 22.1 Å². The molecule has 0 saturated carbocycles. The van der Waals surface area contributed by atoms with E-state index < -0.39 is 11.7 Å². The van der Waals surface area contributed by atoms with Gasteiger partial charge in [-0.15, -0.1) is 0 Å². The van der Waals surface area contributed by atoms with E-state index in [9.17, 15) is 13.2 Å². The highest BCUT2D eigenvalue weighted by atomic mass is 19.4. The van der Waals surface area contributed by atoms with Crippen molar-refractivity contribution in [3.8, 4) is 0 Å². The molecule has 1 fully saturated rings. The summed E-state index contributed by atoms with van der Waals surface area (Å²) >= 11 is 0. The van der Waals surface area contributed by atoms with E-state index in [0.717, 1.165) is 25.1 Å². The molecule has 0 N–H and O–H groups in total. The first-order valence-electron chi connectivity index (χ1n) is 5.60. The van der Waals surface area contributed by atoms with Crippen LogP contribution in [0, 0.1) is 5.92 Å². The molecule has 0 bridgehead atoms. The molecule has 0 spiro atoms. The van der Waals surface area contributed by atoms with Crippen LogP contribution in [0.3, 0.4) is 0 Å². The summed E-state index contributed by atoms with van der Waals surface area (Å²) < 4.78 is 43.1. The van der Waals surface area contributed by atoms with E-state index in [1.807, 2.05) is 0 Å². The number of hydrogen-bond acceptors (Lipinski definition) is 2. The van der Waals surface area contributed by atoms with E-state index >= 15 is 0 Å². The number of ether oxygens (including phenoxy) is 1. The third kappa shape index (κ3) is 2.97. The van der Waals surface area contributed by atoms with Gasteiger partial charge in [0.1, 0.15) is 0 Å². The number of halogens is 3. The van der Waals surface area contributed by atoms with Gasteiger partial charge in [0.15, 0.2) is 0 Å². The highest BCUT2D eigenvalue weighted by Gasteiger charge is 2.32. The van der Waals surface area contributed by atoms with E-state index in [2.05, 4.69) is 11.9 Å². The first-order chi connectivity index (χ1) is 7.97. The predicted molar refractivity (Wildman–Crippen MR) is 56.3 cm³/mol. The molecule has 2 heterocycles. The van der Waals surface area contributed by atoms with Crippen LogP contribution < -0.4 is 0 Å². The van der Waals surface area contributed by atoms with Crippen LogP contribution in [-0.2, 0) is 10.9 Å². The fourth-order valence-corrected chi connectivity index (χ4v) is 1.98. The van der Waals surface area contributed by atoms with Crippen LogP contribution in [-0.4, -0.2) is 11.6 Å². The van der Waals surface area contributed by atoms with Crippen molar-refractivity contribution in [3.05, 3.63) is 29.6 Å². The fraction of sp³-hybridized carbons (Fsp3) is 0.583. The minimum atomic E-state index is -4.34. The summed E-state index contributed by atoms with van der Waals surface area (Å²) in [5.74, 6) is 0.475. The van der Waals surface area contributed by atoms with Crippen molar-refractivity contribution < 1.29 is 17.9 Å². The third-order valence-electron chi connectivity index (χ3n) is 3.00. The Kier molecular flexibility index (Phi) is 3.38. The fourth-order valence-electron chi connectivity index (χ4n) is 1.98. The van der Waals surface area contributed by atoms with Gasteiger partial charge in [0.2, 0.25) is 0 Å². The molecule has 1 aliphatic rings. The van der Waals surface area contributed by atoms with Gasteiger partial charge in [-0.25, -0.2) is 0 Å². The van der Waals surface area contributed by atoms with E-state index in [0.29, 0.717) is 18.1 Å². The van der Waals surface area contributed by atoms with E-state index in [-0.39, 0.29) is 6.10 Å². The molecule has 94 valence electrons. The van der Waals surface area contributed by atoms with Crippen LogP contribution in [0.5, 0.6) is 0 Å². The second-order valence-corrected chi connectivity index (χ2v) is 4.49. The maximum absolute atomic E-state index is 12.5. The average molecular weight is 245 g/mol. The van der Waals surface area contributed by atoms with Crippen molar-refractivity contribution in [1.29, 1.82) is 0 Å². The maximum atomic E-state index is 12.5. The second kappa shape index (κ2) is 4.64. The molecule has 1 saturated heterocycles. The number of alkyl halides is 3. The van der Waals surface area contributed by atoms with Crippen molar-refractivity contribution in [3.63, 3.8) is 0 Å². The first kappa shape index (κ1) is 12.4. The van der Waals surface area contributed by atoms with E-state index in [1.54, 1.807) is 0 Å². The molecule has 2 unspecified atom stereocenters. The van der Waals surface area contributed by atoms with Crippen LogP contribution in [0.25, 0.3) is 0 Å². The summed E-state index contributed by atoms with van der Waals surface area (Å²) in [6.45, 7) is 2.68. The minimum Gasteiger partial charge on any atom is -0.373 e. The SMILES string of the molecule is CC1CCOC(c2cncc(C(F)(F)F)c2)C1. The summed E-state index contributed by atoms with van der Waals surface area (Å²) in [5, 5.41) is 0. The van der Waals surface area contributed by atoms with Crippen LogP contribution in [0.2, 0.25) is 0 Å². The molecular weight excluding hydrogens is 231 g/mol. The quantitative estimate of drug-likeness (QED) is 0.754. The van der Waals surface area contributed by atoms with Crippen molar-refractivity contribution in [1.82, 2.24) is 4.98 Å². The summed E-state index contributed by atoms with van der Waals surface area (Å²) in [4.78, 5) is 3.65. The maximum Gasteiger partial charge on any atom is 0.417 e. The molecule has 5 heteroatoms. The monoisotopic (exact) mass is 245 g/mol. The Morgan fingerprint density at radius 3 is 2.76 bits per heavy atom. The zero-order valence-corrected chi connectivity index (χ0v) is 9.50. The van der Waals surface area contributed by atoms with Crippen LogP contribution in [0.1, 0.15) is 37.0 Å². The Bertz CT molecular complexity index is 392. The van der Waals surface area contributed by atoms with E-state index in [1.165, 1.54) is 6.20 Å². The minimum absolute atomic E-state index is 0.256. The molecule has 2 nitrogen and oxygen atoms in total. The zero-order valence-electron chi connectivity index (χ0n) is 9.50. The lowest BCUT2D eigenvalue weighted by Crippen LogP contribution is -2.18. The smallest absolute Gasteiger partial charge is 0.373 e. The van der Waals surface area contributed by atoms with Crippen molar-refractivity contribution in [2.24, 2.45) is 5.92 Å². The van der Waals surface area contributed by atoms with Gasteiger partial charge in [-0.2, -0.15) is 13.2 Å². The first-order valence-corrected chi connectivity index (χ1v) is 5.60. The Balaban J connectivity index is 2.21. The summed E-state index contributed by atoms with van der Waals surface area (Å²) in [5.41, 5.74) is -0.191. The zero-order chi connectivity index (χ0) is 12.5. The van der Waals surface area contributed by atoms with Gasteiger partial charge in [0.25, 0.3) is 0 Å². The van der Waals surface area contributed by atoms with Gasteiger partial charge in [-0.1, -0.05) is 6.92 Å². The number of pyridine rings is 1. The number of rotatable bonds is 1. The van der Waals surface area contributed by atoms with Gasteiger partial charge in [0.05, 0.1) is 11.7 Å². The largest absolute Gasteiger partial charge is 0.417 e. The lowest BCUT2D eigenvalue weighted by atomic mass is 9.94. The van der Waals surface area contributed by atoms with Gasteiger partial charge in [-0.3, -0.25) is 4.98 Å². The van der Waals surface area contributed by atoms with Crippen molar-refractivity contribution >= 4 is 0 Å². The lowest BCUT2D eigenvalue weighted by Gasteiger charge is -2.27. The molecule has 0 aliphatic carbocycles. The molecule has 0 amide bonds. The third-order valence-corrected chi connectivity index (χ3v) is 3.00. The molecule has 1 aliphatic heterocycles. The Morgan fingerprint density at radius 1 is 1.35 bits per heavy atom. The Labute approximate surface area is 97.8 Å². The molecule has 1 aromatic rings. The molecular formula is C12H14F3NO. The molecule has 2 rings (SSSR count). The summed E-state index contributed by atoms with van der Waals surface area (Å²) in [7, 11) is 0. The highest BCUT2D eigenvalue weighted by molar-refractivity contribution is 5.22. The van der Waals surface area contributed by atoms with Gasteiger partial charge in [-0.05, 0) is 30.4 Å². The number of aromatic nitrogens is 1. The molecule has 0 radical (unpaired) electrons. The number of hydrogen-bond donors (Lipinski definition) is 0. The Morgan fingerprint density at radius 2 is 2.12 bits per heavy atom. The standard InChI is InChI=1S/C12H14F3NO/c1-8-2-3-17-11(4-8)9-5-10(7-16-6-9)12(13,14)15/h5-8,11H,2-4H2,1H3. The number of nitrogens with zero attached hydrogens (tertiary/aromatic N) is 1.